The van der Waals surface area contributed by atoms with Gasteiger partial charge in [-0.3, -0.25) is 0 Å². The summed E-state index contributed by atoms with van der Waals surface area (Å²) in [4.78, 5) is 4.19. The second-order valence-corrected chi connectivity index (χ2v) is 5.06. The number of hydrogen-bond acceptors (Lipinski definition) is 2. The Morgan fingerprint density at radius 2 is 2.16 bits per heavy atom. The van der Waals surface area contributed by atoms with Gasteiger partial charge in [0.1, 0.15) is 0 Å². The van der Waals surface area contributed by atoms with E-state index in [1.54, 1.807) is 0 Å². The van der Waals surface area contributed by atoms with Crippen molar-refractivity contribution < 1.29 is 4.74 Å². The molecule has 1 aliphatic rings. The maximum absolute atomic E-state index is 6.31. The van der Waals surface area contributed by atoms with Crippen LogP contribution in [0.1, 0.15) is 39.5 Å². The van der Waals surface area contributed by atoms with Crippen LogP contribution in [0, 0.1) is 5.92 Å². The first kappa shape index (κ1) is 14.1. The largest absolute Gasteiger partial charge is 0.351 e. The minimum absolute atomic E-state index is 0.369. The van der Waals surface area contributed by atoms with Gasteiger partial charge in [0.2, 0.25) is 0 Å². The summed E-state index contributed by atoms with van der Waals surface area (Å²) in [5, 5.41) is 0. The van der Waals surface area contributed by atoms with Gasteiger partial charge < -0.3 is 9.30 Å². The molecule has 104 valence electrons. The van der Waals surface area contributed by atoms with E-state index >= 15 is 0 Å². The summed E-state index contributed by atoms with van der Waals surface area (Å²) in [6.07, 6.45) is 18.8. The molecule has 3 nitrogen and oxygen atoms in total. The van der Waals surface area contributed by atoms with Gasteiger partial charge in [-0.25, -0.2) is 4.98 Å². The van der Waals surface area contributed by atoms with E-state index in [4.69, 9.17) is 4.74 Å². The molecule has 0 radical (unpaired) electrons. The number of hydrogen-bond donors (Lipinski definition) is 0. The molecular formula is C16H24N2O. The molecule has 1 aromatic heterocycles. The molecule has 3 heteroatoms. The molecule has 2 atom stereocenters. The molecule has 0 saturated heterocycles. The molecular weight excluding hydrogens is 236 g/mol. The number of aromatic nitrogens is 2. The number of unbranched alkanes of at least 4 members (excludes halogenated alkanes) is 1. The van der Waals surface area contributed by atoms with Gasteiger partial charge in [-0.1, -0.05) is 44.9 Å². The van der Waals surface area contributed by atoms with E-state index in [-0.39, 0.29) is 0 Å². The predicted octanol–water partition coefficient (Wildman–Crippen LogP) is 3.89. The van der Waals surface area contributed by atoms with Gasteiger partial charge in [0, 0.05) is 24.9 Å². The van der Waals surface area contributed by atoms with Gasteiger partial charge in [-0.2, -0.15) is 0 Å². The lowest BCUT2D eigenvalue weighted by Crippen LogP contribution is -2.42. The van der Waals surface area contributed by atoms with Crippen LogP contribution in [0.5, 0.6) is 0 Å². The third-order valence-corrected chi connectivity index (χ3v) is 3.66. The zero-order valence-corrected chi connectivity index (χ0v) is 12.0. The quantitative estimate of drug-likeness (QED) is 0.695. The van der Waals surface area contributed by atoms with Gasteiger partial charge >= 0.3 is 0 Å². The van der Waals surface area contributed by atoms with E-state index in [9.17, 15) is 0 Å². The number of imidazole rings is 1. The monoisotopic (exact) mass is 260 g/mol. The molecule has 0 fully saturated rings. The van der Waals surface area contributed by atoms with Crippen LogP contribution in [-0.4, -0.2) is 16.2 Å². The van der Waals surface area contributed by atoms with Crippen molar-refractivity contribution in [3.05, 3.63) is 43.0 Å². The van der Waals surface area contributed by atoms with Gasteiger partial charge in [0.25, 0.3) is 0 Å². The zero-order chi connectivity index (χ0) is 13.6. The fourth-order valence-corrected chi connectivity index (χ4v) is 2.62. The second-order valence-electron chi connectivity index (χ2n) is 5.06. The average molecular weight is 260 g/mol. The summed E-state index contributed by atoms with van der Waals surface area (Å²) >= 11 is 0. The van der Waals surface area contributed by atoms with Crippen molar-refractivity contribution in [2.75, 3.05) is 6.61 Å². The van der Waals surface area contributed by atoms with Crippen LogP contribution in [0.2, 0.25) is 0 Å². The Kier molecular flexibility index (Phi) is 4.97. The van der Waals surface area contributed by atoms with Gasteiger partial charge in [0.15, 0.2) is 5.72 Å². The number of rotatable bonds is 7. The standard InChI is InChI=1S/C16H24N2O/c1-3-5-13-19-16(18-12-11-17-14-18)10-7-6-9-15(16)8-4-2/h6-7,9-12,14-15H,3-5,8,13H2,1-2H3. The van der Waals surface area contributed by atoms with E-state index in [1.165, 1.54) is 0 Å². The summed E-state index contributed by atoms with van der Waals surface area (Å²) < 4.78 is 8.41. The van der Waals surface area contributed by atoms with Crippen LogP contribution in [0.15, 0.2) is 43.0 Å². The lowest BCUT2D eigenvalue weighted by atomic mass is 9.87. The first-order chi connectivity index (χ1) is 9.33. The Morgan fingerprint density at radius 1 is 1.26 bits per heavy atom. The zero-order valence-electron chi connectivity index (χ0n) is 12.0. The highest BCUT2D eigenvalue weighted by Gasteiger charge is 2.38. The van der Waals surface area contributed by atoms with Crippen molar-refractivity contribution in [1.29, 1.82) is 0 Å². The molecule has 0 saturated carbocycles. The van der Waals surface area contributed by atoms with E-state index in [0.717, 1.165) is 32.3 Å². The maximum atomic E-state index is 6.31. The number of ether oxygens (including phenoxy) is 1. The smallest absolute Gasteiger partial charge is 0.171 e. The fourth-order valence-electron chi connectivity index (χ4n) is 2.62. The molecule has 0 bridgehead atoms. The highest BCUT2D eigenvalue weighted by atomic mass is 16.5. The molecule has 0 aromatic carbocycles. The molecule has 0 spiro atoms. The average Bonchev–Trinajstić information content (AvgIpc) is 2.96. The van der Waals surface area contributed by atoms with Gasteiger partial charge in [-0.15, -0.1) is 0 Å². The summed E-state index contributed by atoms with van der Waals surface area (Å²) in [5.74, 6) is 0.369. The molecule has 2 unspecified atom stereocenters. The van der Waals surface area contributed by atoms with Crippen molar-refractivity contribution in [3.63, 3.8) is 0 Å². The first-order valence-electron chi connectivity index (χ1n) is 7.32. The van der Waals surface area contributed by atoms with Gasteiger partial charge in [0.05, 0.1) is 6.33 Å². The SMILES string of the molecule is CCCCOC1(n2ccnc2)C=CC=CC1CCC. The van der Waals surface area contributed by atoms with Crippen molar-refractivity contribution in [2.45, 2.75) is 45.3 Å². The fraction of sp³-hybridized carbons (Fsp3) is 0.562. The highest BCUT2D eigenvalue weighted by molar-refractivity contribution is 5.20. The van der Waals surface area contributed by atoms with E-state index in [0.29, 0.717) is 5.92 Å². The maximum Gasteiger partial charge on any atom is 0.171 e. The summed E-state index contributed by atoms with van der Waals surface area (Å²) in [7, 11) is 0. The Bertz CT molecular complexity index is 422. The van der Waals surface area contributed by atoms with Crippen molar-refractivity contribution in [2.24, 2.45) is 5.92 Å². The summed E-state index contributed by atoms with van der Waals surface area (Å²) in [5.41, 5.74) is -0.392. The Morgan fingerprint density at radius 3 is 2.84 bits per heavy atom. The highest BCUT2D eigenvalue weighted by Crippen LogP contribution is 2.36. The number of nitrogens with zero attached hydrogens (tertiary/aromatic N) is 2. The van der Waals surface area contributed by atoms with Crippen LogP contribution >= 0.6 is 0 Å². The Balaban J connectivity index is 2.26. The van der Waals surface area contributed by atoms with Crippen LogP contribution < -0.4 is 0 Å². The van der Waals surface area contributed by atoms with Crippen LogP contribution in [0.3, 0.4) is 0 Å². The normalized spacial score (nSPS) is 25.9. The second kappa shape index (κ2) is 6.71. The van der Waals surface area contributed by atoms with E-state index < -0.39 is 5.72 Å². The topological polar surface area (TPSA) is 27.1 Å². The van der Waals surface area contributed by atoms with E-state index in [2.05, 4.69) is 47.7 Å². The first-order valence-corrected chi connectivity index (χ1v) is 7.32. The molecule has 1 heterocycles. The molecule has 19 heavy (non-hydrogen) atoms. The molecule has 0 aliphatic heterocycles. The van der Waals surface area contributed by atoms with Crippen LogP contribution in [0.25, 0.3) is 0 Å². The molecule has 1 aliphatic carbocycles. The van der Waals surface area contributed by atoms with E-state index in [1.807, 2.05) is 18.7 Å². The minimum atomic E-state index is -0.392. The van der Waals surface area contributed by atoms with Crippen molar-refractivity contribution in [3.8, 4) is 0 Å². The lowest BCUT2D eigenvalue weighted by Gasteiger charge is -2.39. The van der Waals surface area contributed by atoms with Crippen molar-refractivity contribution in [1.82, 2.24) is 9.55 Å². The molecule has 0 N–H and O–H groups in total. The Hall–Kier alpha value is -1.35. The third kappa shape index (κ3) is 2.98. The summed E-state index contributed by atoms with van der Waals surface area (Å²) in [6, 6.07) is 0. The Labute approximate surface area is 116 Å². The van der Waals surface area contributed by atoms with Crippen molar-refractivity contribution >= 4 is 0 Å². The molecule has 0 amide bonds. The number of allylic oxidation sites excluding steroid dienone is 2. The third-order valence-electron chi connectivity index (χ3n) is 3.66. The molecule has 2 rings (SSSR count). The summed E-state index contributed by atoms with van der Waals surface area (Å²) in [6.45, 7) is 5.19. The van der Waals surface area contributed by atoms with Gasteiger partial charge in [-0.05, 0) is 18.9 Å². The molecule has 1 aromatic rings. The van der Waals surface area contributed by atoms with Crippen LogP contribution in [0.4, 0.5) is 0 Å². The predicted molar refractivity (Wildman–Crippen MR) is 77.7 cm³/mol. The lowest BCUT2D eigenvalue weighted by molar-refractivity contribution is -0.102. The minimum Gasteiger partial charge on any atom is -0.351 e. The van der Waals surface area contributed by atoms with Crippen LogP contribution in [-0.2, 0) is 10.5 Å².